The van der Waals surface area contributed by atoms with Crippen molar-refractivity contribution in [1.82, 2.24) is 9.97 Å². The number of anilines is 1. The van der Waals surface area contributed by atoms with E-state index in [1.165, 1.54) is 24.1 Å². The van der Waals surface area contributed by atoms with E-state index < -0.39 is 10.8 Å². The summed E-state index contributed by atoms with van der Waals surface area (Å²) in [6, 6.07) is 0. The molecule has 110 valence electrons. The number of rotatable bonds is 1. The van der Waals surface area contributed by atoms with Gasteiger partial charge < -0.3 is 4.90 Å². The van der Waals surface area contributed by atoms with Crippen molar-refractivity contribution in [3.05, 3.63) is 17.1 Å². The van der Waals surface area contributed by atoms with Gasteiger partial charge in [-0.2, -0.15) is 0 Å². The van der Waals surface area contributed by atoms with Crippen LogP contribution >= 0.6 is 0 Å². The first-order chi connectivity index (χ1) is 9.47. The topological polar surface area (TPSA) is 46.1 Å². The van der Waals surface area contributed by atoms with E-state index >= 15 is 0 Å². The maximum absolute atomic E-state index is 12.1. The van der Waals surface area contributed by atoms with Gasteiger partial charge in [-0.1, -0.05) is 0 Å². The van der Waals surface area contributed by atoms with Gasteiger partial charge in [0.2, 0.25) is 0 Å². The summed E-state index contributed by atoms with van der Waals surface area (Å²) in [5.41, 5.74) is 2.58. The monoisotopic (exact) mass is 293 g/mol. The SMILES string of the molecule is Cc1nc2c(c(N3CCS(=O)C(C)(C)C3)n1)CCCC2. The summed E-state index contributed by atoms with van der Waals surface area (Å²) in [5.74, 6) is 2.72. The maximum Gasteiger partial charge on any atom is 0.135 e. The van der Waals surface area contributed by atoms with Crippen molar-refractivity contribution >= 4 is 16.6 Å². The van der Waals surface area contributed by atoms with Gasteiger partial charge >= 0.3 is 0 Å². The molecule has 5 heteroatoms. The third-order valence-corrected chi connectivity index (χ3v) is 6.22. The molecule has 1 aromatic heterocycles. The third kappa shape index (κ3) is 2.48. The Labute approximate surface area is 123 Å². The second-order valence-electron chi connectivity index (χ2n) is 6.46. The van der Waals surface area contributed by atoms with Crippen LogP contribution in [-0.2, 0) is 23.6 Å². The molecule has 0 amide bonds. The van der Waals surface area contributed by atoms with Gasteiger partial charge in [-0.3, -0.25) is 4.21 Å². The van der Waals surface area contributed by atoms with Crippen molar-refractivity contribution in [3.8, 4) is 0 Å². The van der Waals surface area contributed by atoms with Gasteiger partial charge in [0, 0.05) is 40.9 Å². The average molecular weight is 293 g/mol. The highest BCUT2D eigenvalue weighted by atomic mass is 32.2. The van der Waals surface area contributed by atoms with E-state index in [-0.39, 0.29) is 4.75 Å². The standard InChI is InChI=1S/C15H23N3OS/c1-11-16-13-7-5-4-6-12(13)14(17-11)18-8-9-20(19)15(2,3)10-18/h4-10H2,1-3H3. The number of hydrogen-bond donors (Lipinski definition) is 0. The van der Waals surface area contributed by atoms with E-state index in [1.54, 1.807) is 0 Å². The number of aromatic nitrogens is 2. The van der Waals surface area contributed by atoms with Crippen LogP contribution < -0.4 is 4.90 Å². The highest BCUT2D eigenvalue weighted by Crippen LogP contribution is 2.31. The van der Waals surface area contributed by atoms with E-state index in [0.717, 1.165) is 43.3 Å². The molecule has 3 rings (SSSR count). The molecular formula is C15H23N3OS. The molecule has 1 aliphatic carbocycles. The van der Waals surface area contributed by atoms with Crippen LogP contribution in [0.25, 0.3) is 0 Å². The lowest BCUT2D eigenvalue weighted by Crippen LogP contribution is -2.50. The van der Waals surface area contributed by atoms with E-state index in [2.05, 4.69) is 23.7 Å². The minimum atomic E-state index is -0.737. The highest BCUT2D eigenvalue weighted by Gasteiger charge is 2.35. The lowest BCUT2D eigenvalue weighted by Gasteiger charge is -2.39. The quantitative estimate of drug-likeness (QED) is 0.794. The molecule has 2 heterocycles. The normalized spacial score (nSPS) is 25.4. The van der Waals surface area contributed by atoms with Gasteiger partial charge in [-0.05, 0) is 46.5 Å². The molecule has 20 heavy (non-hydrogen) atoms. The number of aryl methyl sites for hydroxylation is 2. The Hall–Kier alpha value is -0.970. The summed E-state index contributed by atoms with van der Waals surface area (Å²) in [4.78, 5) is 11.7. The molecule has 0 saturated carbocycles. The number of hydrogen-bond acceptors (Lipinski definition) is 4. The molecule has 1 unspecified atom stereocenters. The molecule has 1 atom stereocenters. The van der Waals surface area contributed by atoms with Crippen LogP contribution in [0.15, 0.2) is 0 Å². The largest absolute Gasteiger partial charge is 0.354 e. The molecule has 2 aliphatic rings. The first kappa shape index (κ1) is 14.0. The van der Waals surface area contributed by atoms with Crippen molar-refractivity contribution < 1.29 is 4.21 Å². The van der Waals surface area contributed by atoms with Gasteiger partial charge in [0.1, 0.15) is 11.6 Å². The zero-order valence-electron chi connectivity index (χ0n) is 12.6. The Balaban J connectivity index is 1.98. The van der Waals surface area contributed by atoms with Crippen LogP contribution in [0.1, 0.15) is 43.8 Å². The van der Waals surface area contributed by atoms with Crippen molar-refractivity contribution in [2.75, 3.05) is 23.7 Å². The first-order valence-electron chi connectivity index (χ1n) is 7.47. The fraction of sp³-hybridized carbons (Fsp3) is 0.733. The molecule has 0 radical (unpaired) electrons. The van der Waals surface area contributed by atoms with Crippen LogP contribution in [0.4, 0.5) is 5.82 Å². The van der Waals surface area contributed by atoms with Gasteiger partial charge in [0.25, 0.3) is 0 Å². The van der Waals surface area contributed by atoms with Gasteiger partial charge in [-0.15, -0.1) is 0 Å². The second-order valence-corrected chi connectivity index (χ2v) is 8.66. The summed E-state index contributed by atoms with van der Waals surface area (Å²) in [6.07, 6.45) is 4.63. The summed E-state index contributed by atoms with van der Waals surface area (Å²) < 4.78 is 11.9. The minimum Gasteiger partial charge on any atom is -0.354 e. The van der Waals surface area contributed by atoms with E-state index in [1.807, 2.05) is 6.92 Å². The number of nitrogens with zero attached hydrogens (tertiary/aromatic N) is 3. The molecule has 1 fully saturated rings. The van der Waals surface area contributed by atoms with Crippen LogP contribution in [0.2, 0.25) is 0 Å². The smallest absolute Gasteiger partial charge is 0.135 e. The Bertz CT molecular complexity index is 556. The molecule has 1 aromatic rings. The Morgan fingerprint density at radius 2 is 1.95 bits per heavy atom. The van der Waals surface area contributed by atoms with E-state index in [9.17, 15) is 4.21 Å². The van der Waals surface area contributed by atoms with Gasteiger partial charge in [-0.25, -0.2) is 9.97 Å². The van der Waals surface area contributed by atoms with Crippen LogP contribution in [0.5, 0.6) is 0 Å². The van der Waals surface area contributed by atoms with E-state index in [0.29, 0.717) is 0 Å². The molecule has 0 spiro atoms. The molecule has 0 aromatic carbocycles. The predicted octanol–water partition coefficient (Wildman–Crippen LogP) is 2.01. The van der Waals surface area contributed by atoms with Crippen LogP contribution in [-0.4, -0.2) is 37.8 Å². The summed E-state index contributed by atoms with van der Waals surface area (Å²) >= 11 is 0. The van der Waals surface area contributed by atoms with Crippen molar-refractivity contribution in [2.24, 2.45) is 0 Å². The minimum absolute atomic E-state index is 0.154. The van der Waals surface area contributed by atoms with E-state index in [4.69, 9.17) is 4.98 Å². The zero-order chi connectivity index (χ0) is 14.3. The Kier molecular flexibility index (Phi) is 3.56. The van der Waals surface area contributed by atoms with Crippen LogP contribution in [0.3, 0.4) is 0 Å². The zero-order valence-corrected chi connectivity index (χ0v) is 13.4. The second kappa shape index (κ2) is 5.10. The van der Waals surface area contributed by atoms with Crippen molar-refractivity contribution in [3.63, 3.8) is 0 Å². The molecule has 1 aliphatic heterocycles. The summed E-state index contributed by atoms with van der Waals surface area (Å²) in [5, 5.41) is 0. The molecule has 0 bridgehead atoms. The molecule has 4 nitrogen and oxygen atoms in total. The van der Waals surface area contributed by atoms with Gasteiger partial charge in [0.15, 0.2) is 0 Å². The molecule has 1 saturated heterocycles. The van der Waals surface area contributed by atoms with Gasteiger partial charge in [0.05, 0.1) is 4.75 Å². The third-order valence-electron chi connectivity index (χ3n) is 4.31. The first-order valence-corrected chi connectivity index (χ1v) is 8.79. The fourth-order valence-electron chi connectivity index (χ4n) is 3.22. The average Bonchev–Trinajstić information content (AvgIpc) is 2.41. The fourth-order valence-corrected chi connectivity index (χ4v) is 4.46. The lowest BCUT2D eigenvalue weighted by molar-refractivity contribution is 0.579. The Morgan fingerprint density at radius 1 is 1.20 bits per heavy atom. The molecule has 0 N–H and O–H groups in total. The summed E-state index contributed by atoms with van der Waals surface area (Å²) in [7, 11) is -0.737. The van der Waals surface area contributed by atoms with Crippen LogP contribution in [0, 0.1) is 6.92 Å². The summed E-state index contributed by atoms with van der Waals surface area (Å²) in [6.45, 7) is 7.83. The maximum atomic E-state index is 12.1. The van der Waals surface area contributed by atoms with Crippen molar-refractivity contribution in [1.29, 1.82) is 0 Å². The molecular weight excluding hydrogens is 270 g/mol. The predicted molar refractivity (Wildman–Crippen MR) is 82.7 cm³/mol. The highest BCUT2D eigenvalue weighted by molar-refractivity contribution is 7.86. The lowest BCUT2D eigenvalue weighted by atomic mass is 9.95. The van der Waals surface area contributed by atoms with Crippen molar-refractivity contribution in [2.45, 2.75) is 51.2 Å². The Morgan fingerprint density at radius 3 is 2.70 bits per heavy atom. The number of fused-ring (bicyclic) bond motifs is 1.